The molecule has 1 amide bonds. The minimum atomic E-state index is -0.129. The molecule has 2 heterocycles. The van der Waals surface area contributed by atoms with E-state index >= 15 is 0 Å². The second kappa shape index (κ2) is 7.15. The summed E-state index contributed by atoms with van der Waals surface area (Å²) < 4.78 is 5.74. The topological polar surface area (TPSA) is 51.2 Å². The maximum absolute atomic E-state index is 12.3. The van der Waals surface area contributed by atoms with E-state index in [1.54, 1.807) is 0 Å². The number of hydrogen-bond acceptors (Lipinski definition) is 5. The number of amides is 1. The van der Waals surface area contributed by atoms with Gasteiger partial charge < -0.3 is 4.74 Å². The van der Waals surface area contributed by atoms with Crippen molar-refractivity contribution in [3.05, 3.63) is 62.3 Å². The molecule has 0 fully saturated rings. The first kappa shape index (κ1) is 16.7. The Morgan fingerprint density at radius 2 is 1.96 bits per heavy atom. The summed E-state index contributed by atoms with van der Waals surface area (Å²) in [5.41, 5.74) is 3.13. The van der Waals surface area contributed by atoms with Crippen LogP contribution in [0.4, 0.5) is 5.13 Å². The Morgan fingerprint density at radius 3 is 2.62 bits per heavy atom. The Kier molecular flexibility index (Phi) is 4.97. The first-order chi connectivity index (χ1) is 11.5. The summed E-state index contributed by atoms with van der Waals surface area (Å²) in [6, 6.07) is 9.78. The first-order valence-electron chi connectivity index (χ1n) is 7.53. The lowest BCUT2D eigenvalue weighted by molar-refractivity contribution is 0.103. The number of rotatable bonds is 5. The molecule has 1 N–H and O–H groups in total. The maximum Gasteiger partial charge on any atom is 0.267 e. The largest absolute Gasteiger partial charge is 0.489 e. The molecule has 0 bridgehead atoms. The van der Waals surface area contributed by atoms with E-state index in [0.717, 1.165) is 21.9 Å². The third kappa shape index (κ3) is 4.01. The first-order valence-corrected chi connectivity index (χ1v) is 9.23. The van der Waals surface area contributed by atoms with Crippen molar-refractivity contribution in [2.24, 2.45) is 0 Å². The van der Waals surface area contributed by atoms with E-state index in [1.807, 2.05) is 56.5 Å². The van der Waals surface area contributed by atoms with Gasteiger partial charge in [-0.15, -0.1) is 22.7 Å². The van der Waals surface area contributed by atoms with E-state index in [0.29, 0.717) is 16.6 Å². The summed E-state index contributed by atoms with van der Waals surface area (Å²) in [6.07, 6.45) is 0. The van der Waals surface area contributed by atoms with E-state index in [4.69, 9.17) is 4.74 Å². The summed E-state index contributed by atoms with van der Waals surface area (Å²) in [4.78, 5) is 18.4. The minimum Gasteiger partial charge on any atom is -0.489 e. The number of aryl methyl sites for hydroxylation is 3. The zero-order chi connectivity index (χ0) is 17.1. The monoisotopic (exact) mass is 358 g/mol. The zero-order valence-electron chi connectivity index (χ0n) is 13.8. The number of thiophene rings is 1. The number of carbonyl (C=O) groups excluding carboxylic acids is 1. The molecule has 0 atom stereocenters. The average Bonchev–Trinajstić information content (AvgIpc) is 3.14. The van der Waals surface area contributed by atoms with Crippen molar-refractivity contribution in [2.75, 3.05) is 5.32 Å². The highest BCUT2D eigenvalue weighted by Gasteiger charge is 2.12. The van der Waals surface area contributed by atoms with Gasteiger partial charge in [-0.25, -0.2) is 4.98 Å². The molecule has 0 spiro atoms. The van der Waals surface area contributed by atoms with Crippen LogP contribution in [0.2, 0.25) is 0 Å². The fourth-order valence-corrected chi connectivity index (χ4v) is 3.66. The molecule has 3 rings (SSSR count). The second-order valence-corrected chi connectivity index (χ2v) is 7.65. The van der Waals surface area contributed by atoms with E-state index in [2.05, 4.69) is 10.3 Å². The van der Waals surface area contributed by atoms with Gasteiger partial charge in [-0.1, -0.05) is 17.7 Å². The summed E-state index contributed by atoms with van der Waals surface area (Å²) >= 11 is 2.90. The maximum atomic E-state index is 12.3. The molecule has 6 heteroatoms. The number of anilines is 1. The van der Waals surface area contributed by atoms with Crippen molar-refractivity contribution in [3.63, 3.8) is 0 Å². The van der Waals surface area contributed by atoms with Crippen molar-refractivity contribution in [1.29, 1.82) is 0 Å². The van der Waals surface area contributed by atoms with Crippen LogP contribution in [0, 0.1) is 20.8 Å². The number of ether oxygens (including phenoxy) is 1. The Balaban J connectivity index is 1.60. The molecule has 3 aromatic rings. The number of aromatic nitrogens is 1. The molecule has 0 aliphatic rings. The molecular weight excluding hydrogens is 340 g/mol. The van der Waals surface area contributed by atoms with E-state index in [1.165, 1.54) is 28.2 Å². The van der Waals surface area contributed by atoms with Gasteiger partial charge in [0, 0.05) is 10.4 Å². The highest BCUT2D eigenvalue weighted by atomic mass is 32.1. The summed E-state index contributed by atoms with van der Waals surface area (Å²) in [5.74, 6) is 0.696. The fourth-order valence-electron chi connectivity index (χ4n) is 2.06. The highest BCUT2D eigenvalue weighted by molar-refractivity contribution is 7.16. The Hall–Kier alpha value is -2.18. The quantitative estimate of drug-likeness (QED) is 0.701. The van der Waals surface area contributed by atoms with Crippen molar-refractivity contribution < 1.29 is 9.53 Å². The standard InChI is InChI=1S/C18H18N2O2S2/c1-11-4-6-15(7-5-11)22-9-14-8-16(23-10-14)17(21)20-18-19-12(2)13(3)24-18/h4-8,10H,9H2,1-3H3,(H,19,20,21). The molecule has 2 aromatic heterocycles. The van der Waals surface area contributed by atoms with Gasteiger partial charge in [-0.3, -0.25) is 10.1 Å². The normalized spacial score (nSPS) is 10.6. The number of thiazole rings is 1. The van der Waals surface area contributed by atoms with Crippen LogP contribution < -0.4 is 10.1 Å². The summed E-state index contributed by atoms with van der Waals surface area (Å²) in [5, 5.41) is 5.44. The van der Waals surface area contributed by atoms with Crippen LogP contribution in [0.15, 0.2) is 35.7 Å². The van der Waals surface area contributed by atoms with Crippen molar-refractivity contribution in [3.8, 4) is 5.75 Å². The van der Waals surface area contributed by atoms with E-state index in [-0.39, 0.29) is 5.91 Å². The van der Waals surface area contributed by atoms with Gasteiger partial charge >= 0.3 is 0 Å². The predicted molar refractivity (Wildman–Crippen MR) is 99.4 cm³/mol. The van der Waals surface area contributed by atoms with Gasteiger partial charge in [-0.2, -0.15) is 0 Å². The molecule has 0 saturated carbocycles. The molecule has 4 nitrogen and oxygen atoms in total. The van der Waals surface area contributed by atoms with E-state index < -0.39 is 0 Å². The van der Waals surface area contributed by atoms with Crippen LogP contribution in [0.5, 0.6) is 5.75 Å². The third-order valence-corrected chi connectivity index (χ3v) is 5.52. The number of hydrogen-bond donors (Lipinski definition) is 1. The molecule has 1 aromatic carbocycles. The number of benzene rings is 1. The number of carbonyl (C=O) groups is 1. The van der Waals surface area contributed by atoms with Gasteiger partial charge in [0.2, 0.25) is 0 Å². The van der Waals surface area contributed by atoms with Gasteiger partial charge in [0.1, 0.15) is 12.4 Å². The third-order valence-electron chi connectivity index (χ3n) is 3.55. The Labute approximate surface area is 149 Å². The number of nitrogens with zero attached hydrogens (tertiary/aromatic N) is 1. The van der Waals surface area contributed by atoms with Gasteiger partial charge in [0.05, 0.1) is 10.6 Å². The van der Waals surface area contributed by atoms with Gasteiger partial charge in [0.15, 0.2) is 5.13 Å². The molecule has 0 aliphatic heterocycles. The van der Waals surface area contributed by atoms with Crippen LogP contribution in [0.3, 0.4) is 0 Å². The molecule has 0 radical (unpaired) electrons. The molecule has 124 valence electrons. The van der Waals surface area contributed by atoms with Crippen molar-refractivity contribution in [1.82, 2.24) is 4.98 Å². The lowest BCUT2D eigenvalue weighted by Crippen LogP contribution is -2.09. The smallest absolute Gasteiger partial charge is 0.267 e. The van der Waals surface area contributed by atoms with Crippen molar-refractivity contribution in [2.45, 2.75) is 27.4 Å². The SMILES string of the molecule is Cc1ccc(OCc2csc(C(=O)Nc3nc(C)c(C)s3)c2)cc1. The Bertz CT molecular complexity index is 831. The van der Waals surface area contributed by atoms with Crippen LogP contribution in [-0.4, -0.2) is 10.9 Å². The van der Waals surface area contributed by atoms with Crippen LogP contribution >= 0.6 is 22.7 Å². The molecule has 0 unspecified atom stereocenters. The minimum absolute atomic E-state index is 0.129. The zero-order valence-corrected chi connectivity index (χ0v) is 15.4. The number of nitrogens with one attached hydrogen (secondary N) is 1. The summed E-state index contributed by atoms with van der Waals surface area (Å²) in [6.45, 7) is 6.42. The molecule has 0 aliphatic carbocycles. The van der Waals surface area contributed by atoms with Crippen molar-refractivity contribution >= 4 is 33.7 Å². The predicted octanol–water partition coefficient (Wildman–Crippen LogP) is 4.96. The highest BCUT2D eigenvalue weighted by Crippen LogP contribution is 2.23. The lowest BCUT2D eigenvalue weighted by Gasteiger charge is -2.04. The molecule has 24 heavy (non-hydrogen) atoms. The molecular formula is C18H18N2O2S2. The summed E-state index contributed by atoms with van der Waals surface area (Å²) in [7, 11) is 0. The van der Waals surface area contributed by atoms with Crippen LogP contribution in [0.1, 0.15) is 31.4 Å². The van der Waals surface area contributed by atoms with Crippen LogP contribution in [-0.2, 0) is 6.61 Å². The van der Waals surface area contributed by atoms with Crippen LogP contribution in [0.25, 0.3) is 0 Å². The van der Waals surface area contributed by atoms with E-state index in [9.17, 15) is 4.79 Å². The fraction of sp³-hybridized carbons (Fsp3) is 0.222. The second-order valence-electron chi connectivity index (χ2n) is 5.54. The van der Waals surface area contributed by atoms with Gasteiger partial charge in [0.25, 0.3) is 5.91 Å². The Morgan fingerprint density at radius 1 is 1.21 bits per heavy atom. The average molecular weight is 358 g/mol. The van der Waals surface area contributed by atoms with Gasteiger partial charge in [-0.05, 0) is 44.4 Å². The lowest BCUT2D eigenvalue weighted by atomic mass is 10.2. The molecule has 0 saturated heterocycles.